The Labute approximate surface area is 426 Å². The number of nitrogens with zero attached hydrogens (tertiary/aromatic N) is 1. The molecule has 3 unspecified atom stereocenters. The van der Waals surface area contributed by atoms with E-state index in [4.69, 9.17) is 9.47 Å². The Morgan fingerprint density at radius 3 is 1.21 bits per heavy atom. The molecule has 1 N–H and O–H groups in total. The van der Waals surface area contributed by atoms with Gasteiger partial charge in [-0.3, -0.25) is 4.79 Å². The zero-order valence-corrected chi connectivity index (χ0v) is 47.9. The van der Waals surface area contributed by atoms with Gasteiger partial charge in [0, 0.05) is 0 Å². The van der Waals surface area contributed by atoms with Gasteiger partial charge < -0.3 is 4.74 Å². The molecule has 66 heavy (non-hydrogen) atoms. The van der Waals surface area contributed by atoms with Crippen LogP contribution in [-0.4, -0.2) is 64.0 Å². The summed E-state index contributed by atoms with van der Waals surface area (Å²) in [6, 6.07) is 0. The molecular weight excluding hydrogens is 926 g/mol. The molecule has 0 aromatic heterocycles. The Balaban J connectivity index is 3.88. The molecule has 3 atom stereocenters. The van der Waals surface area contributed by atoms with E-state index in [-0.39, 0.29) is 11.9 Å². The molecular formula is C60H121INO4-. The Hall–Kier alpha value is 0.0800. The van der Waals surface area contributed by atoms with E-state index in [1.54, 1.807) is 0 Å². The van der Waals surface area contributed by atoms with Crippen molar-refractivity contribution in [3.63, 3.8) is 0 Å². The van der Waals surface area contributed by atoms with Crippen molar-refractivity contribution >= 4 is 5.97 Å². The van der Waals surface area contributed by atoms with Crippen molar-refractivity contribution in [3.8, 4) is 0 Å². The molecule has 0 saturated carbocycles. The molecule has 0 saturated heterocycles. The first-order valence-electron chi connectivity index (χ1n) is 30.3. The average molecular weight is 1050 g/mol. The van der Waals surface area contributed by atoms with E-state index in [1.165, 1.54) is 272 Å². The molecule has 0 amide bonds. The van der Waals surface area contributed by atoms with Gasteiger partial charge in [0.25, 0.3) is 0 Å². The number of unbranched alkanes of at least 4 members (excludes halogenated alkanes) is 32. The standard InChI is InChI=1S/C60H121INO4/c1-6-11-16-20-30-38-48-57(46-36-18-13-8-3)59(63)65-55-44-34-28-25-23-22-24-27-33-42-53-62(52-15-10-5)54-43-41-51-61-50-40-32-26-29-35-45-56-66-60(64)58(47-37-19-14-9-4)49-39-31-21-17-12-7-2/h57-58,60,64H,6-56H2,1-5H3/q-1. The average Bonchev–Trinajstić information content (AvgIpc) is 3.32. The zero-order valence-electron chi connectivity index (χ0n) is 45.8. The molecule has 0 aromatic carbocycles. The predicted molar refractivity (Wildman–Crippen MR) is 288 cm³/mol. The Kier molecular flexibility index (Phi) is 56.1. The van der Waals surface area contributed by atoms with Crippen molar-refractivity contribution in [2.45, 2.75) is 323 Å². The number of esters is 1. The van der Waals surface area contributed by atoms with Crippen molar-refractivity contribution in [3.05, 3.63) is 0 Å². The third-order valence-electron chi connectivity index (χ3n) is 14.3. The van der Waals surface area contributed by atoms with Crippen molar-refractivity contribution in [1.29, 1.82) is 0 Å². The van der Waals surface area contributed by atoms with Gasteiger partial charge in [-0.25, -0.2) is 0 Å². The SMILES string of the molecule is CCCCCCCCC(CCCCCC)C(=O)OCCCCCCCCCCCCN(CCCC)CCCC[I-]CCCCCCCCOC(O)C(CCCCCC)CCCCCCCC. The maximum atomic E-state index is 12.9. The second-order valence-electron chi connectivity index (χ2n) is 20.8. The number of carbonyl (C=O) groups excluding carboxylic acids is 1. The molecule has 0 aliphatic rings. The number of hydrogen-bond acceptors (Lipinski definition) is 5. The first-order chi connectivity index (χ1) is 32.5. The number of aliphatic hydroxyl groups excluding tert-OH is 1. The minimum atomic E-state index is -0.557. The van der Waals surface area contributed by atoms with E-state index < -0.39 is 6.29 Å². The van der Waals surface area contributed by atoms with Crippen LogP contribution in [0.2, 0.25) is 0 Å². The number of rotatable bonds is 57. The molecule has 0 bridgehead atoms. The summed E-state index contributed by atoms with van der Waals surface area (Å²) in [5.74, 6) is 0.558. The Morgan fingerprint density at radius 2 is 0.727 bits per heavy atom. The molecule has 0 rings (SSSR count). The van der Waals surface area contributed by atoms with Gasteiger partial charge in [-0.1, -0.05) is 175 Å². The van der Waals surface area contributed by atoms with Gasteiger partial charge in [-0.15, -0.1) is 0 Å². The van der Waals surface area contributed by atoms with Crippen LogP contribution < -0.4 is 21.2 Å². The van der Waals surface area contributed by atoms with E-state index in [9.17, 15) is 9.90 Å². The van der Waals surface area contributed by atoms with E-state index in [0.717, 1.165) is 45.1 Å². The minimum absolute atomic E-state index is 0.0966. The smallest absolute Gasteiger partial charge is 0.0654 e. The summed E-state index contributed by atoms with van der Waals surface area (Å²) in [7, 11) is 0. The number of halogens is 1. The quantitative estimate of drug-likeness (QED) is 0.0216. The van der Waals surface area contributed by atoms with Crippen molar-refractivity contribution in [1.82, 2.24) is 4.90 Å². The van der Waals surface area contributed by atoms with E-state index in [1.807, 2.05) is 0 Å². The van der Waals surface area contributed by atoms with E-state index in [0.29, 0.717) is 33.7 Å². The summed E-state index contributed by atoms with van der Waals surface area (Å²) in [4.78, 5) is 15.7. The second kappa shape index (κ2) is 56.0. The molecule has 0 aromatic rings. The summed E-state index contributed by atoms with van der Waals surface area (Å²) in [6.07, 6.45) is 56.1. The van der Waals surface area contributed by atoms with Crippen LogP contribution in [0.4, 0.5) is 0 Å². The molecule has 6 heteroatoms. The normalized spacial score (nSPS) is 13.3. The number of ether oxygens (including phenoxy) is 2. The fourth-order valence-electron chi connectivity index (χ4n) is 9.63. The third kappa shape index (κ3) is 47.7. The van der Waals surface area contributed by atoms with Crippen LogP contribution in [0.15, 0.2) is 0 Å². The number of carbonyl (C=O) groups is 1. The molecule has 0 fully saturated rings. The van der Waals surface area contributed by atoms with Crippen LogP contribution in [0.5, 0.6) is 0 Å². The number of aliphatic hydroxyl groups is 1. The number of hydrogen-bond donors (Lipinski definition) is 1. The predicted octanol–water partition coefficient (Wildman–Crippen LogP) is 15.8. The Bertz CT molecular complexity index is 921. The minimum Gasteiger partial charge on any atom is -0.0654 e. The van der Waals surface area contributed by atoms with Crippen LogP contribution >= 0.6 is 0 Å². The van der Waals surface area contributed by atoms with Gasteiger partial charge in [0.15, 0.2) is 0 Å². The molecule has 0 aliphatic carbocycles. The molecule has 5 nitrogen and oxygen atoms in total. The summed E-state index contributed by atoms with van der Waals surface area (Å²) < 4.78 is 14.9. The van der Waals surface area contributed by atoms with Crippen LogP contribution in [0, 0.1) is 11.8 Å². The molecule has 398 valence electrons. The van der Waals surface area contributed by atoms with E-state index >= 15 is 0 Å². The summed E-state index contributed by atoms with van der Waals surface area (Å²) >= 11 is 0.393. The summed E-state index contributed by atoms with van der Waals surface area (Å²) in [5, 5.41) is 10.9. The summed E-state index contributed by atoms with van der Waals surface area (Å²) in [6.45, 7) is 16.7. The van der Waals surface area contributed by atoms with Crippen molar-refractivity contribution in [2.24, 2.45) is 11.8 Å². The third-order valence-corrected chi connectivity index (χ3v) is 17.3. The van der Waals surface area contributed by atoms with Gasteiger partial charge in [0.2, 0.25) is 0 Å². The van der Waals surface area contributed by atoms with E-state index in [2.05, 4.69) is 39.5 Å². The van der Waals surface area contributed by atoms with Crippen LogP contribution in [-0.2, 0) is 14.3 Å². The monoisotopic (exact) mass is 1050 g/mol. The van der Waals surface area contributed by atoms with Gasteiger partial charge in [0.1, 0.15) is 0 Å². The Morgan fingerprint density at radius 1 is 0.394 bits per heavy atom. The van der Waals surface area contributed by atoms with Gasteiger partial charge in [-0.05, 0) is 19.3 Å². The molecule has 0 radical (unpaired) electrons. The first kappa shape index (κ1) is 66.1. The van der Waals surface area contributed by atoms with Gasteiger partial charge in [-0.2, -0.15) is 0 Å². The molecule has 0 heterocycles. The van der Waals surface area contributed by atoms with Crippen LogP contribution in [0.1, 0.15) is 317 Å². The van der Waals surface area contributed by atoms with Crippen molar-refractivity contribution in [2.75, 3.05) is 41.7 Å². The fraction of sp³-hybridized carbons (Fsp3) is 0.983. The summed E-state index contributed by atoms with van der Waals surface area (Å²) in [5.41, 5.74) is 0. The maximum absolute atomic E-state index is 12.9. The van der Waals surface area contributed by atoms with Crippen LogP contribution in [0.3, 0.4) is 0 Å². The van der Waals surface area contributed by atoms with Gasteiger partial charge >= 0.3 is 212 Å². The zero-order chi connectivity index (χ0) is 48.1. The molecule has 0 spiro atoms. The first-order valence-corrected chi connectivity index (χ1v) is 33.3. The van der Waals surface area contributed by atoms with Crippen molar-refractivity contribution < 1.29 is 40.6 Å². The molecule has 0 aliphatic heterocycles. The second-order valence-corrected chi connectivity index (χ2v) is 24.1. The fourth-order valence-corrected chi connectivity index (χ4v) is 12.3. The number of alkyl halides is 2. The van der Waals surface area contributed by atoms with Gasteiger partial charge in [0.05, 0.1) is 12.5 Å². The topological polar surface area (TPSA) is 59.0 Å². The van der Waals surface area contributed by atoms with Crippen LogP contribution in [0.25, 0.3) is 0 Å².